The van der Waals surface area contributed by atoms with Gasteiger partial charge in [0.2, 0.25) is 0 Å². The monoisotopic (exact) mass is 275 g/mol. The third-order valence-electron chi connectivity index (χ3n) is 5.49. The molecule has 3 aliphatic rings. The number of fused-ring (bicyclic) bond motifs is 1. The molecule has 0 bridgehead atoms. The van der Waals surface area contributed by atoms with Crippen molar-refractivity contribution >= 4 is 11.3 Å². The Morgan fingerprint density at radius 1 is 1.00 bits per heavy atom. The largest absolute Gasteiger partial charge is 0.307 e. The highest BCUT2D eigenvalue weighted by molar-refractivity contribution is 7.10. The summed E-state index contributed by atoms with van der Waals surface area (Å²) in [5, 5.41) is 6.31. The van der Waals surface area contributed by atoms with Crippen molar-refractivity contribution in [2.45, 2.75) is 69.9 Å². The highest BCUT2D eigenvalue weighted by atomic mass is 32.1. The highest BCUT2D eigenvalue weighted by Crippen LogP contribution is 2.44. The van der Waals surface area contributed by atoms with Gasteiger partial charge in [-0.2, -0.15) is 0 Å². The first-order valence-electron chi connectivity index (χ1n) is 8.22. The van der Waals surface area contributed by atoms with Gasteiger partial charge in [-0.25, -0.2) is 0 Å². The lowest BCUT2D eigenvalue weighted by atomic mass is 9.81. The molecule has 4 rings (SSSR count). The Hall–Kier alpha value is -0.340. The Morgan fingerprint density at radius 3 is 2.84 bits per heavy atom. The third-order valence-corrected chi connectivity index (χ3v) is 6.49. The van der Waals surface area contributed by atoms with E-state index in [0.29, 0.717) is 6.04 Å². The van der Waals surface area contributed by atoms with Crippen molar-refractivity contribution < 1.29 is 0 Å². The maximum atomic E-state index is 4.02. The summed E-state index contributed by atoms with van der Waals surface area (Å²) in [7, 11) is 0. The molecule has 2 fully saturated rings. The van der Waals surface area contributed by atoms with Crippen molar-refractivity contribution in [1.29, 1.82) is 0 Å². The number of rotatable bonds is 3. The molecule has 3 aliphatic carbocycles. The molecule has 1 aromatic rings. The molecule has 0 spiro atoms. The first kappa shape index (κ1) is 12.4. The van der Waals surface area contributed by atoms with E-state index in [1.807, 2.05) is 11.3 Å². The molecule has 0 saturated heterocycles. The fourth-order valence-electron chi connectivity index (χ4n) is 4.32. The molecule has 2 heteroatoms. The van der Waals surface area contributed by atoms with E-state index in [-0.39, 0.29) is 0 Å². The van der Waals surface area contributed by atoms with Gasteiger partial charge in [0.1, 0.15) is 0 Å². The van der Waals surface area contributed by atoms with Gasteiger partial charge in [-0.05, 0) is 73.8 Å². The van der Waals surface area contributed by atoms with E-state index in [2.05, 4.69) is 16.8 Å². The number of thiophene rings is 1. The van der Waals surface area contributed by atoms with Crippen molar-refractivity contribution in [3.8, 4) is 0 Å². The predicted octanol–water partition coefficient (Wildman–Crippen LogP) is 4.68. The topological polar surface area (TPSA) is 12.0 Å². The molecular formula is C17H25NS. The van der Waals surface area contributed by atoms with Crippen LogP contribution in [0.4, 0.5) is 0 Å². The minimum atomic E-state index is 0.665. The highest BCUT2D eigenvalue weighted by Gasteiger charge is 2.35. The summed E-state index contributed by atoms with van der Waals surface area (Å²) >= 11 is 1.97. The molecule has 0 aromatic carbocycles. The van der Waals surface area contributed by atoms with Crippen LogP contribution < -0.4 is 5.32 Å². The molecule has 1 aromatic heterocycles. The Balaban J connectivity index is 1.41. The summed E-state index contributed by atoms with van der Waals surface area (Å²) in [6.07, 6.45) is 12.9. The van der Waals surface area contributed by atoms with Gasteiger partial charge in [0.05, 0.1) is 0 Å². The summed E-state index contributed by atoms with van der Waals surface area (Å²) in [4.78, 5) is 1.65. The molecule has 3 unspecified atom stereocenters. The summed E-state index contributed by atoms with van der Waals surface area (Å²) in [6, 6.07) is 3.84. The van der Waals surface area contributed by atoms with Gasteiger partial charge in [-0.15, -0.1) is 11.3 Å². The number of nitrogens with one attached hydrogen (secondary N) is 1. The molecule has 1 nitrogen and oxygen atoms in total. The molecular weight excluding hydrogens is 250 g/mol. The molecule has 2 saturated carbocycles. The van der Waals surface area contributed by atoms with Gasteiger partial charge < -0.3 is 5.32 Å². The van der Waals surface area contributed by atoms with Crippen molar-refractivity contribution in [3.63, 3.8) is 0 Å². The van der Waals surface area contributed by atoms with Crippen molar-refractivity contribution in [2.24, 2.45) is 11.8 Å². The molecule has 104 valence electrons. The smallest absolute Gasteiger partial charge is 0.0333 e. The maximum Gasteiger partial charge on any atom is 0.0333 e. The van der Waals surface area contributed by atoms with Crippen LogP contribution in [-0.4, -0.2) is 6.04 Å². The van der Waals surface area contributed by atoms with Gasteiger partial charge in [0.15, 0.2) is 0 Å². The molecule has 19 heavy (non-hydrogen) atoms. The molecule has 0 amide bonds. The van der Waals surface area contributed by atoms with E-state index >= 15 is 0 Å². The van der Waals surface area contributed by atoms with Crippen molar-refractivity contribution in [3.05, 3.63) is 21.9 Å². The second-order valence-electron chi connectivity index (χ2n) is 6.87. The third kappa shape index (κ3) is 2.62. The van der Waals surface area contributed by atoms with Crippen molar-refractivity contribution in [1.82, 2.24) is 5.32 Å². The van der Waals surface area contributed by atoms with Crippen LogP contribution in [0, 0.1) is 11.8 Å². The van der Waals surface area contributed by atoms with E-state index < -0.39 is 0 Å². The van der Waals surface area contributed by atoms with Crippen LogP contribution in [-0.2, 0) is 6.42 Å². The lowest BCUT2D eigenvalue weighted by Crippen LogP contribution is -2.38. The number of hydrogen-bond donors (Lipinski definition) is 1. The average Bonchev–Trinajstić information content (AvgIpc) is 3.17. The van der Waals surface area contributed by atoms with E-state index in [4.69, 9.17) is 0 Å². The van der Waals surface area contributed by atoms with Gasteiger partial charge in [0, 0.05) is 17.0 Å². The summed E-state index contributed by atoms with van der Waals surface area (Å²) in [5.74, 6) is 2.16. The normalized spacial score (nSPS) is 35.1. The van der Waals surface area contributed by atoms with Crippen LogP contribution in [0.15, 0.2) is 11.4 Å². The molecule has 0 aliphatic heterocycles. The summed E-state index contributed by atoms with van der Waals surface area (Å²) in [6.45, 7) is 0. The van der Waals surface area contributed by atoms with Gasteiger partial charge >= 0.3 is 0 Å². The fourth-order valence-corrected chi connectivity index (χ4v) is 5.31. The average molecular weight is 275 g/mol. The minimum Gasteiger partial charge on any atom is -0.307 e. The molecule has 0 radical (unpaired) electrons. The first-order chi connectivity index (χ1) is 9.40. The Kier molecular flexibility index (Phi) is 3.40. The van der Waals surface area contributed by atoms with Crippen LogP contribution in [0.5, 0.6) is 0 Å². The number of hydrogen-bond acceptors (Lipinski definition) is 2. The fraction of sp³-hybridized carbons (Fsp3) is 0.765. The quantitative estimate of drug-likeness (QED) is 0.844. The minimum absolute atomic E-state index is 0.665. The van der Waals surface area contributed by atoms with E-state index in [1.54, 1.807) is 10.4 Å². The maximum absolute atomic E-state index is 4.02. The molecule has 1 heterocycles. The lowest BCUT2D eigenvalue weighted by molar-refractivity contribution is 0.240. The van der Waals surface area contributed by atoms with Gasteiger partial charge in [0.25, 0.3) is 0 Å². The van der Waals surface area contributed by atoms with E-state index in [0.717, 1.165) is 17.9 Å². The van der Waals surface area contributed by atoms with Crippen molar-refractivity contribution in [2.75, 3.05) is 0 Å². The Labute approximate surface area is 120 Å². The number of aryl methyl sites for hydroxylation is 1. The van der Waals surface area contributed by atoms with Crippen LogP contribution in [0.1, 0.15) is 67.8 Å². The van der Waals surface area contributed by atoms with Crippen LogP contribution in [0.25, 0.3) is 0 Å². The van der Waals surface area contributed by atoms with Crippen LogP contribution in [0.3, 0.4) is 0 Å². The second kappa shape index (κ2) is 5.21. The zero-order chi connectivity index (χ0) is 12.7. The molecule has 1 N–H and O–H groups in total. The van der Waals surface area contributed by atoms with Crippen LogP contribution >= 0.6 is 11.3 Å². The lowest BCUT2D eigenvalue weighted by Gasteiger charge is -2.34. The first-order valence-corrected chi connectivity index (χ1v) is 9.10. The summed E-state index contributed by atoms with van der Waals surface area (Å²) in [5.41, 5.74) is 1.63. The summed E-state index contributed by atoms with van der Waals surface area (Å²) < 4.78 is 0. The second-order valence-corrected chi connectivity index (χ2v) is 7.87. The van der Waals surface area contributed by atoms with E-state index in [9.17, 15) is 0 Å². The van der Waals surface area contributed by atoms with Gasteiger partial charge in [-0.3, -0.25) is 0 Å². The Morgan fingerprint density at radius 2 is 1.95 bits per heavy atom. The molecule has 3 atom stereocenters. The zero-order valence-electron chi connectivity index (χ0n) is 11.7. The standard InChI is InChI=1S/C17H25NS/c1-3-13(12-7-8-12)11-14(4-1)18-16-5-2-6-17-15(16)9-10-19-17/h9-10,12-14,16,18H,1-8,11H2. The van der Waals surface area contributed by atoms with E-state index in [1.165, 1.54) is 57.8 Å². The zero-order valence-corrected chi connectivity index (χ0v) is 12.6. The SMILES string of the molecule is c1cc2c(s1)CCCC2NC1CCCC(C2CC2)C1. The van der Waals surface area contributed by atoms with Gasteiger partial charge in [-0.1, -0.05) is 12.8 Å². The predicted molar refractivity (Wildman–Crippen MR) is 81.6 cm³/mol. The Bertz CT molecular complexity index is 434. The van der Waals surface area contributed by atoms with Crippen LogP contribution in [0.2, 0.25) is 0 Å².